The van der Waals surface area contributed by atoms with E-state index in [-0.39, 0.29) is 12.1 Å². The second-order valence-corrected chi connectivity index (χ2v) is 6.60. The van der Waals surface area contributed by atoms with Gasteiger partial charge in [-0.1, -0.05) is 11.6 Å². The van der Waals surface area contributed by atoms with Crippen LogP contribution in [0.3, 0.4) is 0 Å². The fourth-order valence-corrected chi connectivity index (χ4v) is 3.11. The maximum absolute atomic E-state index is 10.5. The summed E-state index contributed by atoms with van der Waals surface area (Å²) < 4.78 is 11.3. The number of halogens is 1. The predicted molar refractivity (Wildman–Crippen MR) is 87.8 cm³/mol. The second-order valence-electron chi connectivity index (χ2n) is 6.21. The minimum Gasteiger partial charge on any atom is -0.474 e. The average molecular weight is 357 g/mol. The Labute approximate surface area is 145 Å². The van der Waals surface area contributed by atoms with Crippen LogP contribution in [0.2, 0.25) is 5.15 Å². The molecule has 0 bridgehead atoms. The molecule has 0 unspecified atom stereocenters. The number of hydrogen-bond donors (Lipinski definition) is 2. The Kier molecular flexibility index (Phi) is 5.25. The Morgan fingerprint density at radius 1 is 1.54 bits per heavy atom. The molecule has 0 aromatic carbocycles. The van der Waals surface area contributed by atoms with Gasteiger partial charge in [0, 0.05) is 19.2 Å². The van der Waals surface area contributed by atoms with Crippen molar-refractivity contribution in [1.29, 1.82) is 0 Å². The minimum atomic E-state index is -0.994. The molecular formula is C15H21ClN4O4. The Morgan fingerprint density at radius 3 is 3.04 bits per heavy atom. The number of hydrogen-bond acceptors (Lipinski definition) is 6. The summed E-state index contributed by atoms with van der Waals surface area (Å²) in [6.07, 6.45) is 0.633. The number of nitrogens with one attached hydrogen (secondary N) is 1. The second kappa shape index (κ2) is 7.40. The first-order valence-electron chi connectivity index (χ1n) is 8.03. The van der Waals surface area contributed by atoms with E-state index >= 15 is 0 Å². The van der Waals surface area contributed by atoms with Gasteiger partial charge in [0.2, 0.25) is 11.8 Å². The van der Waals surface area contributed by atoms with E-state index in [1.54, 1.807) is 6.07 Å². The molecule has 1 aromatic rings. The fourth-order valence-electron chi connectivity index (χ4n) is 2.94. The molecule has 9 heteroatoms. The van der Waals surface area contributed by atoms with Gasteiger partial charge in [-0.3, -0.25) is 0 Å². The maximum Gasteiger partial charge on any atom is 0.404 e. The molecule has 2 fully saturated rings. The van der Waals surface area contributed by atoms with Gasteiger partial charge >= 0.3 is 6.09 Å². The van der Waals surface area contributed by atoms with Gasteiger partial charge < -0.3 is 24.8 Å². The van der Waals surface area contributed by atoms with Gasteiger partial charge in [0.25, 0.3) is 0 Å². The van der Waals surface area contributed by atoms with Gasteiger partial charge in [0.1, 0.15) is 11.3 Å². The van der Waals surface area contributed by atoms with Crippen molar-refractivity contribution < 1.29 is 19.4 Å². The smallest absolute Gasteiger partial charge is 0.404 e. The number of rotatable bonds is 5. The van der Waals surface area contributed by atoms with Crippen LogP contribution in [0.5, 0.6) is 5.88 Å². The molecule has 132 valence electrons. The summed E-state index contributed by atoms with van der Waals surface area (Å²) in [5, 5.41) is 11.3. The predicted octanol–water partition coefficient (Wildman–Crippen LogP) is 1.78. The molecular weight excluding hydrogens is 336 g/mol. The number of anilines is 1. The molecule has 1 aromatic heterocycles. The van der Waals surface area contributed by atoms with E-state index in [2.05, 4.69) is 27.1 Å². The standard InChI is InChI=1S/C15H21ClN4O4/c1-9-8-23-3-2-20(9)14-18-12(16)6-13(19-14)24-11-4-10(5-11)7-17-15(21)22/h6,9-11,17H,2-5,7-8H2,1H3,(H,21,22)/t9-,10?,11?/m0/s1. The number of aromatic nitrogens is 2. The lowest BCUT2D eigenvalue weighted by Gasteiger charge is -2.35. The van der Waals surface area contributed by atoms with Crippen LogP contribution in [0, 0.1) is 5.92 Å². The van der Waals surface area contributed by atoms with Crippen molar-refractivity contribution in [3.05, 3.63) is 11.2 Å². The lowest BCUT2D eigenvalue weighted by molar-refractivity contribution is 0.0602. The van der Waals surface area contributed by atoms with Gasteiger partial charge in [0.15, 0.2) is 0 Å². The number of carbonyl (C=O) groups is 1. The van der Waals surface area contributed by atoms with Crippen molar-refractivity contribution in [2.24, 2.45) is 5.92 Å². The zero-order valence-electron chi connectivity index (χ0n) is 13.4. The number of morpholine rings is 1. The molecule has 2 aliphatic rings. The highest BCUT2D eigenvalue weighted by atomic mass is 35.5. The van der Waals surface area contributed by atoms with Crippen molar-refractivity contribution in [2.75, 3.05) is 31.2 Å². The SMILES string of the molecule is C[C@H]1COCCN1c1nc(Cl)cc(OC2CC(CNC(=O)O)C2)n1. The highest BCUT2D eigenvalue weighted by Crippen LogP contribution is 2.31. The Hall–Kier alpha value is -1.80. The van der Waals surface area contributed by atoms with Gasteiger partial charge in [-0.2, -0.15) is 4.98 Å². The van der Waals surface area contributed by atoms with Gasteiger partial charge in [-0.25, -0.2) is 9.78 Å². The molecule has 1 atom stereocenters. The first-order valence-corrected chi connectivity index (χ1v) is 8.41. The fraction of sp³-hybridized carbons (Fsp3) is 0.667. The normalized spacial score (nSPS) is 26.6. The lowest BCUT2D eigenvalue weighted by Crippen LogP contribution is -2.44. The van der Waals surface area contributed by atoms with Crippen LogP contribution in [0.1, 0.15) is 19.8 Å². The Morgan fingerprint density at radius 2 is 2.33 bits per heavy atom. The summed E-state index contributed by atoms with van der Waals surface area (Å²) in [6, 6.07) is 1.79. The molecule has 2 N–H and O–H groups in total. The average Bonchev–Trinajstić information content (AvgIpc) is 2.49. The molecule has 1 saturated heterocycles. The summed E-state index contributed by atoms with van der Waals surface area (Å²) in [5.41, 5.74) is 0. The quantitative estimate of drug-likeness (QED) is 0.776. The van der Waals surface area contributed by atoms with Crippen LogP contribution in [-0.2, 0) is 4.74 Å². The van der Waals surface area contributed by atoms with Crippen LogP contribution in [-0.4, -0.2) is 59.6 Å². The summed E-state index contributed by atoms with van der Waals surface area (Å²) in [5.74, 6) is 1.32. The topological polar surface area (TPSA) is 96.8 Å². The van der Waals surface area contributed by atoms with Crippen LogP contribution in [0.15, 0.2) is 6.07 Å². The van der Waals surface area contributed by atoms with E-state index in [0.717, 1.165) is 12.8 Å². The highest BCUT2D eigenvalue weighted by Gasteiger charge is 2.32. The van der Waals surface area contributed by atoms with Crippen LogP contribution in [0.25, 0.3) is 0 Å². The Balaban J connectivity index is 1.58. The summed E-state index contributed by atoms with van der Waals surface area (Å²) in [7, 11) is 0. The van der Waals surface area contributed by atoms with Crippen LogP contribution in [0.4, 0.5) is 10.7 Å². The van der Waals surface area contributed by atoms with Crippen molar-refractivity contribution >= 4 is 23.6 Å². The molecule has 1 aliphatic heterocycles. The van der Waals surface area contributed by atoms with E-state index in [4.69, 9.17) is 26.2 Å². The third-order valence-corrected chi connectivity index (χ3v) is 4.50. The summed E-state index contributed by atoms with van der Waals surface area (Å²) >= 11 is 6.11. The minimum absolute atomic E-state index is 0.0338. The van der Waals surface area contributed by atoms with Gasteiger partial charge in [0.05, 0.1) is 19.3 Å². The van der Waals surface area contributed by atoms with Crippen molar-refractivity contribution in [3.8, 4) is 5.88 Å². The first kappa shape index (κ1) is 17.0. The van der Waals surface area contributed by atoms with E-state index < -0.39 is 6.09 Å². The third kappa shape index (κ3) is 4.18. The molecule has 8 nitrogen and oxygen atoms in total. The van der Waals surface area contributed by atoms with E-state index in [9.17, 15) is 4.79 Å². The van der Waals surface area contributed by atoms with Gasteiger partial charge in [-0.15, -0.1) is 0 Å². The van der Waals surface area contributed by atoms with E-state index in [0.29, 0.717) is 49.2 Å². The van der Waals surface area contributed by atoms with E-state index in [1.807, 2.05) is 0 Å². The van der Waals surface area contributed by atoms with Gasteiger partial charge in [-0.05, 0) is 25.7 Å². The van der Waals surface area contributed by atoms with Crippen molar-refractivity contribution in [1.82, 2.24) is 15.3 Å². The largest absolute Gasteiger partial charge is 0.474 e. The molecule has 0 spiro atoms. The molecule has 3 rings (SSSR count). The number of amides is 1. The zero-order chi connectivity index (χ0) is 17.1. The first-order chi connectivity index (χ1) is 11.5. The summed E-state index contributed by atoms with van der Waals surface area (Å²) in [6.45, 7) is 4.49. The highest BCUT2D eigenvalue weighted by molar-refractivity contribution is 6.29. The molecule has 1 amide bonds. The maximum atomic E-state index is 10.5. The third-order valence-electron chi connectivity index (χ3n) is 4.31. The zero-order valence-corrected chi connectivity index (χ0v) is 14.2. The number of nitrogens with zero attached hydrogens (tertiary/aromatic N) is 3. The van der Waals surface area contributed by atoms with Crippen molar-refractivity contribution in [3.63, 3.8) is 0 Å². The van der Waals surface area contributed by atoms with Crippen LogP contribution >= 0.6 is 11.6 Å². The molecule has 1 saturated carbocycles. The molecule has 2 heterocycles. The number of carboxylic acid groups (broad SMARTS) is 1. The Bertz CT molecular complexity index is 597. The van der Waals surface area contributed by atoms with Crippen molar-refractivity contribution in [2.45, 2.75) is 31.9 Å². The monoisotopic (exact) mass is 356 g/mol. The number of ether oxygens (including phenoxy) is 2. The lowest BCUT2D eigenvalue weighted by atomic mass is 9.82. The van der Waals surface area contributed by atoms with E-state index in [1.165, 1.54) is 0 Å². The molecule has 1 aliphatic carbocycles. The van der Waals surface area contributed by atoms with Crippen LogP contribution < -0.4 is 15.0 Å². The molecule has 24 heavy (non-hydrogen) atoms. The summed E-state index contributed by atoms with van der Waals surface area (Å²) in [4.78, 5) is 21.3. The molecule has 0 radical (unpaired) electrons.